The Bertz CT molecular complexity index is 621. The van der Waals surface area contributed by atoms with Gasteiger partial charge in [0, 0.05) is 13.0 Å². The van der Waals surface area contributed by atoms with E-state index in [9.17, 15) is 13.2 Å². The van der Waals surface area contributed by atoms with Crippen molar-refractivity contribution in [3.05, 3.63) is 28.2 Å². The second-order valence-corrected chi connectivity index (χ2v) is 7.61. The fourth-order valence-electron chi connectivity index (χ4n) is 1.85. The molecule has 1 N–H and O–H groups in total. The van der Waals surface area contributed by atoms with Gasteiger partial charge in [0.25, 0.3) is 0 Å². The fraction of sp³-hybridized carbons (Fsp3) is 0.500. The number of sulfonamides is 1. The lowest BCUT2D eigenvalue weighted by atomic mass is 10.2. The van der Waals surface area contributed by atoms with Crippen LogP contribution >= 0.6 is 23.2 Å². The van der Waals surface area contributed by atoms with Crippen LogP contribution in [-0.2, 0) is 14.8 Å². The summed E-state index contributed by atoms with van der Waals surface area (Å²) in [6.07, 6.45) is 3.30. The zero-order valence-electron chi connectivity index (χ0n) is 12.6. The van der Waals surface area contributed by atoms with E-state index < -0.39 is 10.0 Å². The molecule has 0 aromatic heterocycles. The SMILES string of the molecule is CCCCC(=O)NCCN(c1ccc(Cl)c(Cl)c1)S(C)(=O)=O. The van der Waals surface area contributed by atoms with Gasteiger partial charge < -0.3 is 5.32 Å². The molecule has 0 saturated carbocycles. The van der Waals surface area contributed by atoms with Gasteiger partial charge in [0.2, 0.25) is 15.9 Å². The number of carbonyl (C=O) groups excluding carboxylic acids is 1. The summed E-state index contributed by atoms with van der Waals surface area (Å²) in [5, 5.41) is 3.34. The first-order valence-corrected chi connectivity index (χ1v) is 9.55. The van der Waals surface area contributed by atoms with Crippen LogP contribution < -0.4 is 9.62 Å². The summed E-state index contributed by atoms with van der Waals surface area (Å²) in [5.41, 5.74) is 0.416. The summed E-state index contributed by atoms with van der Waals surface area (Å²) in [6.45, 7) is 2.37. The average Bonchev–Trinajstić information content (AvgIpc) is 2.43. The van der Waals surface area contributed by atoms with E-state index in [1.807, 2.05) is 6.92 Å². The molecule has 1 amide bonds. The van der Waals surface area contributed by atoms with Crippen LogP contribution in [0.15, 0.2) is 18.2 Å². The van der Waals surface area contributed by atoms with E-state index >= 15 is 0 Å². The van der Waals surface area contributed by atoms with Crippen LogP contribution in [0.2, 0.25) is 10.0 Å². The van der Waals surface area contributed by atoms with Gasteiger partial charge in [-0.2, -0.15) is 0 Å². The molecule has 22 heavy (non-hydrogen) atoms. The smallest absolute Gasteiger partial charge is 0.232 e. The molecule has 8 heteroatoms. The van der Waals surface area contributed by atoms with E-state index in [-0.39, 0.29) is 24.0 Å². The van der Waals surface area contributed by atoms with Crippen molar-refractivity contribution in [2.75, 3.05) is 23.7 Å². The van der Waals surface area contributed by atoms with Gasteiger partial charge in [-0.15, -0.1) is 0 Å². The van der Waals surface area contributed by atoms with Crippen molar-refractivity contribution in [3.8, 4) is 0 Å². The van der Waals surface area contributed by atoms with E-state index in [0.717, 1.165) is 19.1 Å². The van der Waals surface area contributed by atoms with Gasteiger partial charge in [-0.3, -0.25) is 9.10 Å². The Balaban J connectivity index is 2.75. The molecule has 1 aromatic rings. The zero-order chi connectivity index (χ0) is 16.8. The molecule has 0 aliphatic carbocycles. The minimum Gasteiger partial charge on any atom is -0.354 e. The standard InChI is InChI=1S/C14H20Cl2N2O3S/c1-3-4-5-14(19)17-8-9-18(22(2,20)21)11-6-7-12(15)13(16)10-11/h6-7,10H,3-5,8-9H2,1-2H3,(H,17,19). The lowest BCUT2D eigenvalue weighted by Gasteiger charge is -2.23. The topological polar surface area (TPSA) is 66.5 Å². The largest absolute Gasteiger partial charge is 0.354 e. The number of benzene rings is 1. The molecule has 0 heterocycles. The van der Waals surface area contributed by atoms with Crippen molar-refractivity contribution in [3.63, 3.8) is 0 Å². The molecular formula is C14H20Cl2N2O3S. The molecule has 1 aromatic carbocycles. The number of hydrogen-bond acceptors (Lipinski definition) is 3. The first-order chi connectivity index (χ1) is 10.3. The molecular weight excluding hydrogens is 347 g/mol. The Morgan fingerprint density at radius 1 is 1.27 bits per heavy atom. The Morgan fingerprint density at radius 3 is 2.50 bits per heavy atom. The number of nitrogens with zero attached hydrogens (tertiary/aromatic N) is 1. The fourth-order valence-corrected chi connectivity index (χ4v) is 3.06. The Hall–Kier alpha value is -0.980. The monoisotopic (exact) mass is 366 g/mol. The van der Waals surface area contributed by atoms with Crippen molar-refractivity contribution in [1.29, 1.82) is 0 Å². The van der Waals surface area contributed by atoms with Crippen molar-refractivity contribution in [2.45, 2.75) is 26.2 Å². The normalized spacial score (nSPS) is 11.3. The highest BCUT2D eigenvalue weighted by molar-refractivity contribution is 7.92. The van der Waals surface area contributed by atoms with Crippen molar-refractivity contribution in [2.24, 2.45) is 0 Å². The summed E-state index contributed by atoms with van der Waals surface area (Å²) in [5.74, 6) is -0.0792. The quantitative estimate of drug-likeness (QED) is 0.768. The zero-order valence-corrected chi connectivity index (χ0v) is 14.9. The van der Waals surface area contributed by atoms with Gasteiger partial charge >= 0.3 is 0 Å². The minimum absolute atomic E-state index is 0.0792. The van der Waals surface area contributed by atoms with E-state index in [1.165, 1.54) is 16.4 Å². The number of nitrogens with one attached hydrogen (secondary N) is 1. The van der Waals surface area contributed by atoms with Gasteiger partial charge in [0.1, 0.15) is 0 Å². The lowest BCUT2D eigenvalue weighted by molar-refractivity contribution is -0.121. The lowest BCUT2D eigenvalue weighted by Crippen LogP contribution is -2.38. The van der Waals surface area contributed by atoms with Gasteiger partial charge in [0.15, 0.2) is 0 Å². The molecule has 0 atom stereocenters. The van der Waals surface area contributed by atoms with Crippen molar-refractivity contribution in [1.82, 2.24) is 5.32 Å². The van der Waals surface area contributed by atoms with E-state index in [4.69, 9.17) is 23.2 Å². The second kappa shape index (κ2) is 8.60. The maximum absolute atomic E-state index is 11.9. The Kier molecular flexibility index (Phi) is 7.45. The van der Waals surface area contributed by atoms with Gasteiger partial charge in [-0.25, -0.2) is 8.42 Å². The minimum atomic E-state index is -3.48. The summed E-state index contributed by atoms with van der Waals surface area (Å²) >= 11 is 11.8. The maximum Gasteiger partial charge on any atom is 0.232 e. The summed E-state index contributed by atoms with van der Waals surface area (Å²) in [4.78, 5) is 11.6. The van der Waals surface area contributed by atoms with Crippen LogP contribution in [0.1, 0.15) is 26.2 Å². The second-order valence-electron chi connectivity index (χ2n) is 4.89. The third-order valence-electron chi connectivity index (χ3n) is 2.99. The molecule has 0 fully saturated rings. The van der Waals surface area contributed by atoms with Crippen LogP contribution in [0, 0.1) is 0 Å². The molecule has 0 bridgehead atoms. The Morgan fingerprint density at radius 2 is 1.95 bits per heavy atom. The number of rotatable bonds is 8. The van der Waals surface area contributed by atoms with Crippen LogP contribution in [0.4, 0.5) is 5.69 Å². The molecule has 0 radical (unpaired) electrons. The molecule has 0 saturated heterocycles. The molecule has 124 valence electrons. The first-order valence-electron chi connectivity index (χ1n) is 6.95. The highest BCUT2D eigenvalue weighted by Crippen LogP contribution is 2.28. The van der Waals surface area contributed by atoms with Crippen LogP contribution in [0.25, 0.3) is 0 Å². The van der Waals surface area contributed by atoms with Crippen LogP contribution in [-0.4, -0.2) is 33.7 Å². The molecule has 0 aliphatic heterocycles. The van der Waals surface area contributed by atoms with Crippen LogP contribution in [0.3, 0.4) is 0 Å². The molecule has 0 spiro atoms. The first kappa shape index (κ1) is 19.1. The van der Waals surface area contributed by atoms with Gasteiger partial charge in [-0.1, -0.05) is 36.5 Å². The van der Waals surface area contributed by atoms with E-state index in [1.54, 1.807) is 6.07 Å². The van der Waals surface area contributed by atoms with Crippen LogP contribution in [0.5, 0.6) is 0 Å². The molecule has 1 rings (SSSR count). The van der Waals surface area contributed by atoms with E-state index in [2.05, 4.69) is 5.32 Å². The average molecular weight is 367 g/mol. The highest BCUT2D eigenvalue weighted by Gasteiger charge is 2.18. The number of anilines is 1. The summed E-state index contributed by atoms with van der Waals surface area (Å²) < 4.78 is 25.0. The number of halogens is 2. The number of carbonyl (C=O) groups is 1. The van der Waals surface area contributed by atoms with Gasteiger partial charge in [0.05, 0.1) is 28.5 Å². The highest BCUT2D eigenvalue weighted by atomic mass is 35.5. The predicted octanol–water partition coefficient (Wildman–Crippen LogP) is 3.07. The number of hydrogen-bond donors (Lipinski definition) is 1. The van der Waals surface area contributed by atoms with Gasteiger partial charge in [-0.05, 0) is 24.6 Å². The van der Waals surface area contributed by atoms with Crippen molar-refractivity contribution < 1.29 is 13.2 Å². The third-order valence-corrected chi connectivity index (χ3v) is 4.92. The van der Waals surface area contributed by atoms with E-state index in [0.29, 0.717) is 17.1 Å². The molecule has 0 unspecified atom stereocenters. The maximum atomic E-state index is 11.9. The number of amides is 1. The molecule has 0 aliphatic rings. The van der Waals surface area contributed by atoms with Crippen molar-refractivity contribution >= 4 is 44.8 Å². The number of unbranched alkanes of at least 4 members (excludes halogenated alkanes) is 1. The Labute approximate surface area is 141 Å². The molecule has 5 nitrogen and oxygen atoms in total. The predicted molar refractivity (Wildman–Crippen MR) is 91.2 cm³/mol. The summed E-state index contributed by atoms with van der Waals surface area (Å²) in [6, 6.07) is 4.61. The third kappa shape index (κ3) is 6.02. The summed E-state index contributed by atoms with van der Waals surface area (Å²) in [7, 11) is -3.48.